The third-order valence-corrected chi connectivity index (χ3v) is 3.13. The first kappa shape index (κ1) is 11.8. The molecule has 0 atom stereocenters. The maximum absolute atomic E-state index is 3.87. The standard InChI is InChI=1S/C15H20/c1-4-12-15(6-3,13-5-2)14-10-8-7-9-11-14/h4-5,7-11H,1-2,6,12-13H2,3H3. The van der Waals surface area contributed by atoms with Crippen LogP contribution in [0, 0.1) is 0 Å². The minimum Gasteiger partial charge on any atom is -0.103 e. The quantitative estimate of drug-likeness (QED) is 0.594. The first-order valence-electron chi connectivity index (χ1n) is 5.56. The van der Waals surface area contributed by atoms with Crippen LogP contribution in [0.3, 0.4) is 0 Å². The molecule has 0 spiro atoms. The number of hydrogen-bond acceptors (Lipinski definition) is 0. The lowest BCUT2D eigenvalue weighted by atomic mass is 9.73. The van der Waals surface area contributed by atoms with E-state index in [4.69, 9.17) is 0 Å². The molecule has 0 bridgehead atoms. The highest BCUT2D eigenvalue weighted by Gasteiger charge is 2.26. The minimum atomic E-state index is 0.199. The van der Waals surface area contributed by atoms with Gasteiger partial charge in [-0.3, -0.25) is 0 Å². The van der Waals surface area contributed by atoms with Crippen molar-refractivity contribution in [3.63, 3.8) is 0 Å². The summed E-state index contributed by atoms with van der Waals surface area (Å²) in [6.07, 6.45) is 7.17. The van der Waals surface area contributed by atoms with Crippen molar-refractivity contribution in [2.75, 3.05) is 0 Å². The largest absolute Gasteiger partial charge is 0.103 e. The molecule has 0 heteroatoms. The van der Waals surface area contributed by atoms with Gasteiger partial charge in [0.1, 0.15) is 0 Å². The number of benzene rings is 1. The van der Waals surface area contributed by atoms with Crippen molar-refractivity contribution < 1.29 is 0 Å². The third-order valence-electron chi connectivity index (χ3n) is 3.13. The summed E-state index contributed by atoms with van der Waals surface area (Å²) in [7, 11) is 0. The monoisotopic (exact) mass is 200 g/mol. The summed E-state index contributed by atoms with van der Waals surface area (Å²) in [5.74, 6) is 0. The summed E-state index contributed by atoms with van der Waals surface area (Å²) in [5, 5.41) is 0. The Morgan fingerprint density at radius 3 is 2.00 bits per heavy atom. The van der Waals surface area contributed by atoms with Gasteiger partial charge in [-0.15, -0.1) is 13.2 Å². The van der Waals surface area contributed by atoms with Crippen molar-refractivity contribution in [1.82, 2.24) is 0 Å². The smallest absolute Gasteiger partial charge is 0.00190 e. The SMILES string of the molecule is C=CCC(CC)(CC=C)c1ccccc1. The Hall–Kier alpha value is -1.30. The van der Waals surface area contributed by atoms with E-state index in [9.17, 15) is 0 Å². The fraction of sp³-hybridized carbons (Fsp3) is 0.333. The molecule has 0 aliphatic carbocycles. The van der Waals surface area contributed by atoms with Gasteiger partial charge >= 0.3 is 0 Å². The Bertz CT molecular complexity index is 298. The predicted molar refractivity (Wildman–Crippen MR) is 68.0 cm³/mol. The number of hydrogen-bond donors (Lipinski definition) is 0. The van der Waals surface area contributed by atoms with Crippen LogP contribution in [-0.4, -0.2) is 0 Å². The van der Waals surface area contributed by atoms with Gasteiger partial charge in [-0.05, 0) is 24.8 Å². The van der Waals surface area contributed by atoms with E-state index in [-0.39, 0.29) is 5.41 Å². The first-order chi connectivity index (χ1) is 7.29. The van der Waals surface area contributed by atoms with Crippen molar-refractivity contribution in [2.45, 2.75) is 31.6 Å². The third kappa shape index (κ3) is 2.59. The summed E-state index contributed by atoms with van der Waals surface area (Å²) in [5.41, 5.74) is 1.59. The van der Waals surface area contributed by atoms with E-state index in [0.717, 1.165) is 19.3 Å². The summed E-state index contributed by atoms with van der Waals surface area (Å²) >= 11 is 0. The Labute approximate surface area is 93.3 Å². The van der Waals surface area contributed by atoms with Crippen LogP contribution in [-0.2, 0) is 5.41 Å². The number of rotatable bonds is 6. The predicted octanol–water partition coefficient (Wildman–Crippen LogP) is 4.49. The zero-order chi connectivity index (χ0) is 11.1. The van der Waals surface area contributed by atoms with Crippen molar-refractivity contribution >= 4 is 0 Å². The van der Waals surface area contributed by atoms with Gasteiger partial charge in [0.2, 0.25) is 0 Å². The molecule has 1 rings (SSSR count). The van der Waals surface area contributed by atoms with E-state index in [1.165, 1.54) is 5.56 Å². The van der Waals surface area contributed by atoms with Gasteiger partial charge < -0.3 is 0 Å². The second-order valence-corrected chi connectivity index (χ2v) is 3.99. The average molecular weight is 200 g/mol. The van der Waals surface area contributed by atoms with Crippen LogP contribution >= 0.6 is 0 Å². The normalized spacial score (nSPS) is 11.0. The Morgan fingerprint density at radius 1 is 1.07 bits per heavy atom. The van der Waals surface area contributed by atoms with Gasteiger partial charge in [-0.2, -0.15) is 0 Å². The Morgan fingerprint density at radius 2 is 1.60 bits per heavy atom. The van der Waals surface area contributed by atoms with Crippen LogP contribution in [0.2, 0.25) is 0 Å². The highest BCUT2D eigenvalue weighted by molar-refractivity contribution is 5.27. The van der Waals surface area contributed by atoms with Crippen LogP contribution in [0.1, 0.15) is 31.7 Å². The fourth-order valence-electron chi connectivity index (χ4n) is 2.16. The zero-order valence-corrected chi connectivity index (χ0v) is 9.58. The first-order valence-corrected chi connectivity index (χ1v) is 5.56. The van der Waals surface area contributed by atoms with E-state index in [1.54, 1.807) is 0 Å². The molecule has 1 aromatic rings. The Kier molecular flexibility index (Phi) is 4.36. The molecule has 0 aliphatic heterocycles. The Balaban J connectivity index is 3.07. The maximum atomic E-state index is 3.87. The highest BCUT2D eigenvalue weighted by atomic mass is 14.3. The van der Waals surface area contributed by atoms with Crippen molar-refractivity contribution in [3.8, 4) is 0 Å². The minimum absolute atomic E-state index is 0.199. The molecule has 0 saturated heterocycles. The zero-order valence-electron chi connectivity index (χ0n) is 9.58. The van der Waals surface area contributed by atoms with Crippen LogP contribution < -0.4 is 0 Å². The van der Waals surface area contributed by atoms with Crippen molar-refractivity contribution in [2.24, 2.45) is 0 Å². The molecule has 0 N–H and O–H groups in total. The van der Waals surface area contributed by atoms with Crippen molar-refractivity contribution in [3.05, 3.63) is 61.2 Å². The van der Waals surface area contributed by atoms with Crippen LogP contribution in [0.25, 0.3) is 0 Å². The van der Waals surface area contributed by atoms with E-state index >= 15 is 0 Å². The van der Waals surface area contributed by atoms with E-state index in [0.29, 0.717) is 0 Å². The van der Waals surface area contributed by atoms with Gasteiger partial charge in [0, 0.05) is 5.41 Å². The van der Waals surface area contributed by atoms with E-state index in [1.807, 2.05) is 12.2 Å². The van der Waals surface area contributed by atoms with Crippen molar-refractivity contribution in [1.29, 1.82) is 0 Å². The molecule has 0 aliphatic rings. The summed E-state index contributed by atoms with van der Waals surface area (Å²) < 4.78 is 0. The molecule has 0 unspecified atom stereocenters. The van der Waals surface area contributed by atoms with Gasteiger partial charge in [0.15, 0.2) is 0 Å². The molecular formula is C15H20. The average Bonchev–Trinajstić information content (AvgIpc) is 2.30. The molecule has 0 fully saturated rings. The van der Waals surface area contributed by atoms with Gasteiger partial charge in [0.05, 0.1) is 0 Å². The maximum Gasteiger partial charge on any atom is 0.00190 e. The molecule has 15 heavy (non-hydrogen) atoms. The fourth-order valence-corrected chi connectivity index (χ4v) is 2.16. The van der Waals surface area contributed by atoms with E-state index < -0.39 is 0 Å². The summed E-state index contributed by atoms with van der Waals surface area (Å²) in [4.78, 5) is 0. The van der Waals surface area contributed by atoms with Gasteiger partial charge in [-0.1, -0.05) is 49.4 Å². The molecule has 80 valence electrons. The molecule has 0 radical (unpaired) electrons. The van der Waals surface area contributed by atoms with Gasteiger partial charge in [-0.25, -0.2) is 0 Å². The summed E-state index contributed by atoms with van der Waals surface area (Å²) in [6, 6.07) is 10.7. The molecule has 0 heterocycles. The lowest BCUT2D eigenvalue weighted by Crippen LogP contribution is -2.23. The molecule has 0 aromatic heterocycles. The molecule has 0 amide bonds. The molecular weight excluding hydrogens is 180 g/mol. The lowest BCUT2D eigenvalue weighted by Gasteiger charge is -2.31. The highest BCUT2D eigenvalue weighted by Crippen LogP contribution is 2.35. The molecule has 1 aromatic carbocycles. The van der Waals surface area contributed by atoms with Crippen LogP contribution in [0.15, 0.2) is 55.6 Å². The van der Waals surface area contributed by atoms with Crippen LogP contribution in [0.5, 0.6) is 0 Å². The lowest BCUT2D eigenvalue weighted by molar-refractivity contribution is 0.420. The molecule has 0 nitrogen and oxygen atoms in total. The topological polar surface area (TPSA) is 0 Å². The van der Waals surface area contributed by atoms with Gasteiger partial charge in [0.25, 0.3) is 0 Å². The number of allylic oxidation sites excluding steroid dienone is 2. The van der Waals surface area contributed by atoms with E-state index in [2.05, 4.69) is 50.4 Å². The molecule has 0 saturated carbocycles. The summed E-state index contributed by atoms with van der Waals surface area (Å²) in [6.45, 7) is 9.97. The second kappa shape index (κ2) is 5.55. The van der Waals surface area contributed by atoms with Crippen LogP contribution in [0.4, 0.5) is 0 Å². The second-order valence-electron chi connectivity index (χ2n) is 3.99.